The van der Waals surface area contributed by atoms with Crippen LogP contribution in [0, 0.1) is 28.6 Å². The quantitative estimate of drug-likeness (QED) is 0.108. The molecule has 5 aliphatic rings. The normalized spacial score (nSPS) is 38.4. The minimum atomic E-state index is -5.50. The van der Waals surface area contributed by atoms with Gasteiger partial charge in [0.25, 0.3) is 11.8 Å². The topological polar surface area (TPSA) is 253 Å². The van der Waals surface area contributed by atoms with Crippen LogP contribution in [0.4, 0.5) is 9.18 Å². The number of amides is 3. The van der Waals surface area contributed by atoms with Crippen molar-refractivity contribution in [3.63, 3.8) is 0 Å². The SMILES string of the molecule is C[C@@H]1C[C@H]2[C@@H]3CCC4=CC(=O)C=C[C@]4(C)[C@@]3(F)[C@@H](O)C[C@]2(C)[C@@]1(O)C(=O)COP(=O)(O)OP(=O)(O)OCCNC(=O)OCN1C(=O)C=CC1=O. The van der Waals surface area contributed by atoms with Crippen LogP contribution in [0.25, 0.3) is 0 Å². The van der Waals surface area contributed by atoms with Gasteiger partial charge in [0, 0.05) is 35.4 Å². The van der Waals surface area contributed by atoms with Crippen LogP contribution in [0.5, 0.6) is 0 Å². The van der Waals surface area contributed by atoms with E-state index < -0.39 is 112 Å². The molecule has 3 fully saturated rings. The summed E-state index contributed by atoms with van der Waals surface area (Å²) in [5, 5.41) is 25.5. The number of phosphoric acid groups is 2. The molecule has 3 amide bonds. The number of aliphatic hydroxyl groups excluding tert-OH is 1. The fourth-order valence-corrected chi connectivity index (χ4v) is 10.6. The first kappa shape index (κ1) is 38.3. The van der Waals surface area contributed by atoms with E-state index in [1.54, 1.807) is 20.8 Å². The Morgan fingerprint density at radius 3 is 2.36 bits per heavy atom. The number of hydrogen-bond acceptors (Lipinski definition) is 13. The van der Waals surface area contributed by atoms with Crippen molar-refractivity contribution in [1.82, 2.24) is 10.2 Å². The molecule has 276 valence electrons. The molecule has 5 N–H and O–H groups in total. The third-order valence-corrected chi connectivity index (χ3v) is 13.7. The van der Waals surface area contributed by atoms with Gasteiger partial charge in [-0.2, -0.15) is 4.31 Å². The van der Waals surface area contributed by atoms with Gasteiger partial charge in [-0.25, -0.2) is 23.2 Å². The maximum atomic E-state index is 17.3. The Balaban J connectivity index is 1.16. The number of carbonyl (C=O) groups is 5. The van der Waals surface area contributed by atoms with Crippen LogP contribution in [0.2, 0.25) is 0 Å². The number of halogens is 1. The number of ether oxygens (including phenoxy) is 1. The second-order valence-corrected chi connectivity index (χ2v) is 16.7. The van der Waals surface area contributed by atoms with E-state index in [0.29, 0.717) is 16.9 Å². The number of carbonyl (C=O) groups excluding carboxylic acids is 5. The van der Waals surface area contributed by atoms with Crippen molar-refractivity contribution in [1.29, 1.82) is 0 Å². The van der Waals surface area contributed by atoms with E-state index in [1.807, 2.05) is 0 Å². The molecule has 1 aliphatic heterocycles. The molecule has 0 aromatic carbocycles. The number of Topliss-reactive ketones (excluding diaryl/α,β-unsaturated/α-hetero) is 1. The van der Waals surface area contributed by atoms with Crippen molar-refractivity contribution in [2.45, 2.75) is 63.8 Å². The summed E-state index contributed by atoms with van der Waals surface area (Å²) >= 11 is 0. The lowest BCUT2D eigenvalue weighted by molar-refractivity contribution is -0.219. The zero-order valence-corrected chi connectivity index (χ0v) is 29.1. The first-order valence-corrected chi connectivity index (χ1v) is 18.8. The molecular weight excluding hydrogens is 709 g/mol. The van der Waals surface area contributed by atoms with E-state index in [4.69, 9.17) is 4.52 Å². The summed E-state index contributed by atoms with van der Waals surface area (Å²) < 4.78 is 60.3. The molecule has 2 unspecified atom stereocenters. The van der Waals surface area contributed by atoms with Crippen molar-refractivity contribution >= 4 is 45.1 Å². The van der Waals surface area contributed by atoms with Crippen LogP contribution in [-0.4, -0.2) is 98.2 Å². The number of nitrogens with one attached hydrogen (secondary N) is 1. The van der Waals surface area contributed by atoms with Crippen molar-refractivity contribution < 1.29 is 75.6 Å². The number of fused-ring (bicyclic) bond motifs is 5. The number of phosphoric ester groups is 2. The fraction of sp³-hybridized carbons (Fsp3) is 0.633. The molecule has 5 rings (SSSR count). The highest BCUT2D eigenvalue weighted by molar-refractivity contribution is 7.61. The lowest BCUT2D eigenvalue weighted by Gasteiger charge is -2.62. The van der Waals surface area contributed by atoms with Crippen LogP contribution in [0.3, 0.4) is 0 Å². The van der Waals surface area contributed by atoms with Crippen molar-refractivity contribution in [3.8, 4) is 0 Å². The number of hydrogen-bond donors (Lipinski definition) is 5. The van der Waals surface area contributed by atoms with Gasteiger partial charge in [-0.15, -0.1) is 0 Å². The first-order chi connectivity index (χ1) is 23.1. The summed E-state index contributed by atoms with van der Waals surface area (Å²) in [6.45, 7) is 1.51. The largest absolute Gasteiger partial charge is 0.481 e. The molecule has 0 spiro atoms. The van der Waals surface area contributed by atoms with Gasteiger partial charge in [0.05, 0.1) is 12.7 Å². The van der Waals surface area contributed by atoms with Crippen molar-refractivity contribution in [2.24, 2.45) is 28.6 Å². The first-order valence-electron chi connectivity index (χ1n) is 15.8. The zero-order chi connectivity index (χ0) is 37.1. The van der Waals surface area contributed by atoms with Crippen LogP contribution in [0.15, 0.2) is 36.0 Å². The standard InChI is InChI=1S/C30H39FN2O15P2/c1-17-12-21-20-5-4-18-13-19(34)8-9-27(18,2)29(20,31)22(35)14-28(21,3)30(17,40)23(36)15-47-50(43,44)48-49(41,42)46-11-10-32-26(39)45-16-33-24(37)6-7-25(33)38/h6-9,13,17,20-22,35,40H,4-5,10-12,14-16H2,1-3H3,(H,32,39)(H,41,42)(H,43,44)/t17-,20+,21+,22+,27+,28+,29+,30+/m1/s1. The number of alkyl carbamates (subject to hydrolysis) is 1. The summed E-state index contributed by atoms with van der Waals surface area (Å²) in [7, 11) is -10.8. The molecule has 17 nitrogen and oxygen atoms in total. The van der Waals surface area contributed by atoms with Gasteiger partial charge in [0.2, 0.25) is 0 Å². The number of imide groups is 1. The molecule has 4 aliphatic carbocycles. The Kier molecular flexibility index (Phi) is 10.2. The zero-order valence-electron chi connectivity index (χ0n) is 27.4. The van der Waals surface area contributed by atoms with E-state index in [-0.39, 0.29) is 25.0 Å². The third-order valence-electron chi connectivity index (χ3n) is 11.1. The minimum Gasteiger partial charge on any atom is -0.428 e. The predicted octanol–water partition coefficient (Wildman–Crippen LogP) is 1.76. The molecule has 50 heavy (non-hydrogen) atoms. The number of rotatable bonds is 12. The van der Waals surface area contributed by atoms with Crippen LogP contribution in [-0.2, 0) is 46.4 Å². The summed E-state index contributed by atoms with van der Waals surface area (Å²) in [4.78, 5) is 81.0. The lowest BCUT2D eigenvalue weighted by Crippen LogP contribution is -2.69. The van der Waals surface area contributed by atoms with Gasteiger partial charge in [0.1, 0.15) is 12.2 Å². The van der Waals surface area contributed by atoms with Gasteiger partial charge in [-0.1, -0.05) is 25.5 Å². The molecule has 0 aromatic rings. The highest BCUT2D eigenvalue weighted by Crippen LogP contribution is 2.71. The van der Waals surface area contributed by atoms with Crippen LogP contribution in [0.1, 0.15) is 46.5 Å². The summed E-state index contributed by atoms with van der Waals surface area (Å²) in [5.74, 6) is -5.04. The number of aliphatic hydroxyl groups is 2. The maximum absolute atomic E-state index is 17.3. The molecule has 1 heterocycles. The predicted molar refractivity (Wildman–Crippen MR) is 166 cm³/mol. The van der Waals surface area contributed by atoms with Gasteiger partial charge in [-0.3, -0.25) is 28.2 Å². The Morgan fingerprint density at radius 1 is 1.06 bits per heavy atom. The number of nitrogens with zero attached hydrogens (tertiary/aromatic N) is 1. The molecule has 0 radical (unpaired) electrons. The molecule has 0 aromatic heterocycles. The van der Waals surface area contributed by atoms with E-state index in [0.717, 1.165) is 12.2 Å². The molecule has 20 heteroatoms. The van der Waals surface area contributed by atoms with Crippen molar-refractivity contribution in [3.05, 3.63) is 36.0 Å². The van der Waals surface area contributed by atoms with Gasteiger partial charge >= 0.3 is 21.7 Å². The number of alkyl halides is 1. The number of ketones is 2. The third kappa shape index (κ3) is 6.39. The van der Waals surface area contributed by atoms with Crippen LogP contribution >= 0.6 is 15.6 Å². The average molecular weight is 749 g/mol. The Morgan fingerprint density at radius 2 is 1.70 bits per heavy atom. The maximum Gasteiger partial charge on any atom is 0.481 e. The smallest absolute Gasteiger partial charge is 0.428 e. The average Bonchev–Trinajstić information content (AvgIpc) is 3.45. The molecule has 0 saturated heterocycles. The summed E-state index contributed by atoms with van der Waals surface area (Å²) in [6.07, 6.45) is 3.69. The van der Waals surface area contributed by atoms with Crippen LogP contribution < -0.4 is 5.32 Å². The van der Waals surface area contributed by atoms with E-state index in [9.17, 15) is 53.1 Å². The number of allylic oxidation sites excluding steroid dienone is 4. The van der Waals surface area contributed by atoms with E-state index in [2.05, 4.69) is 18.9 Å². The monoisotopic (exact) mass is 748 g/mol. The molecule has 3 saturated carbocycles. The second-order valence-electron chi connectivity index (χ2n) is 13.6. The summed E-state index contributed by atoms with van der Waals surface area (Å²) in [5.41, 5.74) is -6.65. The van der Waals surface area contributed by atoms with Crippen molar-refractivity contribution in [2.75, 3.05) is 26.5 Å². The second kappa shape index (κ2) is 13.2. The Labute approximate surface area is 285 Å². The van der Waals surface area contributed by atoms with Gasteiger partial charge < -0.3 is 30.1 Å². The van der Waals surface area contributed by atoms with Gasteiger partial charge in [0.15, 0.2) is 24.0 Å². The molecule has 0 bridgehead atoms. The molecular formula is C30H39FN2O15P2. The fourth-order valence-electron chi connectivity index (χ4n) is 8.61. The highest BCUT2D eigenvalue weighted by atomic mass is 31.3. The summed E-state index contributed by atoms with van der Waals surface area (Å²) in [6, 6.07) is 0. The molecule has 10 atom stereocenters. The lowest BCUT2D eigenvalue weighted by atomic mass is 9.44. The highest BCUT2D eigenvalue weighted by Gasteiger charge is 2.75. The van der Waals surface area contributed by atoms with E-state index >= 15 is 4.39 Å². The Bertz CT molecular complexity index is 1670. The minimum absolute atomic E-state index is 0.166. The van der Waals surface area contributed by atoms with E-state index in [1.165, 1.54) is 18.2 Å². The Hall–Kier alpha value is -2.92. The van der Waals surface area contributed by atoms with Gasteiger partial charge in [-0.05, 0) is 56.6 Å².